The molecule has 1 aromatic carbocycles. The summed E-state index contributed by atoms with van der Waals surface area (Å²) < 4.78 is 37.9. The van der Waals surface area contributed by atoms with Gasteiger partial charge < -0.3 is 14.8 Å². The van der Waals surface area contributed by atoms with Crippen LogP contribution < -0.4 is 5.32 Å². The molecule has 1 fully saturated rings. The average molecular weight is 479 g/mol. The van der Waals surface area contributed by atoms with Crippen LogP contribution in [0.25, 0.3) is 0 Å². The van der Waals surface area contributed by atoms with Gasteiger partial charge in [0.15, 0.2) is 0 Å². The lowest BCUT2D eigenvalue weighted by Crippen LogP contribution is -2.48. The molecule has 2 heterocycles. The maximum absolute atomic E-state index is 13.0. The summed E-state index contributed by atoms with van der Waals surface area (Å²) in [4.78, 5) is 26.3. The Hall–Kier alpha value is -2.27. The van der Waals surface area contributed by atoms with Gasteiger partial charge >= 0.3 is 5.97 Å². The molecule has 8 nitrogen and oxygen atoms in total. The summed E-state index contributed by atoms with van der Waals surface area (Å²) in [6, 6.07) is 5.83. The van der Waals surface area contributed by atoms with Crippen molar-refractivity contribution in [1.82, 2.24) is 4.31 Å². The lowest BCUT2D eigenvalue weighted by molar-refractivity contribution is -0.0440. The van der Waals surface area contributed by atoms with Gasteiger partial charge in [0.2, 0.25) is 10.0 Å². The lowest BCUT2D eigenvalue weighted by atomic mass is 10.1. The van der Waals surface area contributed by atoms with Gasteiger partial charge in [0.1, 0.15) is 5.00 Å². The first-order valence-electron chi connectivity index (χ1n) is 10.5. The second kappa shape index (κ2) is 8.93. The van der Waals surface area contributed by atoms with Crippen molar-refractivity contribution in [3.8, 4) is 0 Å². The predicted molar refractivity (Wildman–Crippen MR) is 121 cm³/mol. The van der Waals surface area contributed by atoms with E-state index in [1.807, 2.05) is 13.8 Å². The van der Waals surface area contributed by atoms with E-state index in [9.17, 15) is 18.0 Å². The summed E-state index contributed by atoms with van der Waals surface area (Å²) >= 11 is 1.39. The molecule has 1 aliphatic carbocycles. The fourth-order valence-corrected chi connectivity index (χ4v) is 7.10. The quantitative estimate of drug-likeness (QED) is 0.663. The van der Waals surface area contributed by atoms with Gasteiger partial charge in [-0.3, -0.25) is 4.79 Å². The molecule has 0 radical (unpaired) electrons. The van der Waals surface area contributed by atoms with Crippen LogP contribution in [0.3, 0.4) is 0 Å². The number of aryl methyl sites for hydroxylation is 1. The van der Waals surface area contributed by atoms with Crippen molar-refractivity contribution < 1.29 is 27.5 Å². The van der Waals surface area contributed by atoms with Crippen LogP contribution in [0.4, 0.5) is 5.00 Å². The number of sulfonamides is 1. The SMILES string of the molecule is COC(=O)c1c(NC(=O)c2ccc(S(=O)(=O)N3CC(C)OC(C)C3)cc2)sc2c1CCC2. The Kier molecular flexibility index (Phi) is 6.39. The standard InChI is InChI=1S/C22H26N2O6S2/c1-13-11-24(12-14(2)30-13)32(27,28)16-9-7-15(8-10-16)20(25)23-21-19(22(26)29-3)17-5-4-6-18(17)31-21/h7-10,13-14H,4-6,11-12H2,1-3H3,(H,23,25). The Morgan fingerprint density at radius 1 is 1.12 bits per heavy atom. The minimum atomic E-state index is -3.69. The van der Waals surface area contributed by atoms with Crippen molar-refractivity contribution in [2.45, 2.75) is 50.2 Å². The number of esters is 1. The van der Waals surface area contributed by atoms with Crippen molar-refractivity contribution in [3.63, 3.8) is 0 Å². The summed E-state index contributed by atoms with van der Waals surface area (Å²) in [7, 11) is -2.36. The first kappa shape index (κ1) is 22.9. The number of methoxy groups -OCH3 is 1. The third-order valence-corrected chi connectivity index (χ3v) is 8.73. The number of carbonyl (C=O) groups is 2. The molecule has 2 unspecified atom stereocenters. The minimum Gasteiger partial charge on any atom is -0.465 e. The van der Waals surface area contributed by atoms with Gasteiger partial charge in [-0.1, -0.05) is 0 Å². The van der Waals surface area contributed by atoms with E-state index in [1.165, 1.54) is 47.0 Å². The summed E-state index contributed by atoms with van der Waals surface area (Å²) in [5, 5.41) is 3.28. The fourth-order valence-electron chi connectivity index (χ4n) is 4.24. The number of anilines is 1. The molecule has 2 aromatic rings. The molecule has 0 bridgehead atoms. The maximum Gasteiger partial charge on any atom is 0.341 e. The van der Waals surface area contributed by atoms with Crippen molar-refractivity contribution in [2.75, 3.05) is 25.5 Å². The van der Waals surface area contributed by atoms with Crippen LogP contribution in [0.15, 0.2) is 29.2 Å². The maximum atomic E-state index is 13.0. The van der Waals surface area contributed by atoms with Crippen molar-refractivity contribution in [2.24, 2.45) is 0 Å². The summed E-state index contributed by atoms with van der Waals surface area (Å²) in [6.07, 6.45) is 2.28. The number of amides is 1. The van der Waals surface area contributed by atoms with E-state index in [2.05, 4.69) is 5.32 Å². The molecule has 0 saturated carbocycles. The highest BCUT2D eigenvalue weighted by Gasteiger charge is 2.32. The van der Waals surface area contributed by atoms with Crippen LogP contribution in [0.1, 0.15) is 51.4 Å². The second-order valence-corrected chi connectivity index (χ2v) is 11.2. The third kappa shape index (κ3) is 4.32. The first-order chi connectivity index (χ1) is 15.2. The van der Waals surface area contributed by atoms with Crippen LogP contribution in [0.2, 0.25) is 0 Å². The Morgan fingerprint density at radius 3 is 2.41 bits per heavy atom. The molecule has 1 saturated heterocycles. The normalized spacial score (nSPS) is 21.2. The fraction of sp³-hybridized carbons (Fsp3) is 0.455. The molecular weight excluding hydrogens is 452 g/mol. The van der Waals surface area contributed by atoms with E-state index in [0.29, 0.717) is 16.1 Å². The van der Waals surface area contributed by atoms with Crippen LogP contribution in [0.5, 0.6) is 0 Å². The highest BCUT2D eigenvalue weighted by molar-refractivity contribution is 7.89. The number of benzene rings is 1. The molecule has 1 aromatic heterocycles. The second-order valence-electron chi connectivity index (χ2n) is 8.11. The summed E-state index contributed by atoms with van der Waals surface area (Å²) in [6.45, 7) is 4.26. The van der Waals surface area contributed by atoms with Crippen LogP contribution in [-0.2, 0) is 32.3 Å². The van der Waals surface area contributed by atoms with Gasteiger partial charge in [-0.05, 0) is 62.9 Å². The van der Waals surface area contributed by atoms with Gasteiger partial charge in [0, 0.05) is 23.5 Å². The van der Waals surface area contributed by atoms with E-state index < -0.39 is 21.9 Å². The number of rotatable bonds is 5. The number of thiophene rings is 1. The van der Waals surface area contributed by atoms with Crippen LogP contribution in [0, 0.1) is 0 Å². The largest absolute Gasteiger partial charge is 0.465 e. The Balaban J connectivity index is 1.53. The van der Waals surface area contributed by atoms with E-state index in [0.717, 1.165) is 29.7 Å². The van der Waals surface area contributed by atoms with Crippen molar-refractivity contribution >= 4 is 38.2 Å². The van der Waals surface area contributed by atoms with Gasteiger partial charge in [0.05, 0.1) is 29.8 Å². The number of ether oxygens (including phenoxy) is 2. The zero-order valence-corrected chi connectivity index (χ0v) is 19.8. The first-order valence-corrected chi connectivity index (χ1v) is 12.8. The van der Waals surface area contributed by atoms with Crippen molar-refractivity contribution in [3.05, 3.63) is 45.8 Å². The molecular formula is C22H26N2O6S2. The lowest BCUT2D eigenvalue weighted by Gasteiger charge is -2.34. The number of nitrogens with zero attached hydrogens (tertiary/aromatic N) is 1. The van der Waals surface area contributed by atoms with Crippen LogP contribution in [-0.4, -0.2) is 57.0 Å². The smallest absolute Gasteiger partial charge is 0.341 e. The topological polar surface area (TPSA) is 102 Å². The van der Waals surface area contributed by atoms with Gasteiger partial charge in [-0.15, -0.1) is 11.3 Å². The number of carbonyl (C=O) groups excluding carboxylic acids is 2. The van der Waals surface area contributed by atoms with Crippen LogP contribution >= 0.6 is 11.3 Å². The molecule has 0 spiro atoms. The molecule has 1 amide bonds. The molecule has 10 heteroatoms. The zero-order valence-electron chi connectivity index (χ0n) is 18.2. The molecule has 1 aliphatic heterocycles. The highest BCUT2D eigenvalue weighted by Crippen LogP contribution is 2.39. The van der Waals surface area contributed by atoms with Gasteiger partial charge in [0.25, 0.3) is 5.91 Å². The van der Waals surface area contributed by atoms with E-state index in [4.69, 9.17) is 9.47 Å². The number of nitrogens with one attached hydrogen (secondary N) is 1. The van der Waals surface area contributed by atoms with Gasteiger partial charge in [-0.2, -0.15) is 4.31 Å². The number of fused-ring (bicyclic) bond motifs is 1. The van der Waals surface area contributed by atoms with Gasteiger partial charge in [-0.25, -0.2) is 13.2 Å². The number of hydrogen-bond acceptors (Lipinski definition) is 7. The minimum absolute atomic E-state index is 0.126. The summed E-state index contributed by atoms with van der Waals surface area (Å²) in [5.41, 5.74) is 1.68. The molecule has 2 aliphatic rings. The van der Waals surface area contributed by atoms with Crippen molar-refractivity contribution in [1.29, 1.82) is 0 Å². The average Bonchev–Trinajstić information content (AvgIpc) is 3.33. The molecule has 172 valence electrons. The van der Waals surface area contributed by atoms with E-state index in [-0.39, 0.29) is 30.2 Å². The molecule has 32 heavy (non-hydrogen) atoms. The summed E-state index contributed by atoms with van der Waals surface area (Å²) in [5.74, 6) is -0.872. The zero-order chi connectivity index (χ0) is 23.0. The molecule has 1 N–H and O–H groups in total. The number of hydrogen-bond donors (Lipinski definition) is 1. The Labute approximate surface area is 191 Å². The molecule has 4 rings (SSSR count). The number of morpholine rings is 1. The van der Waals surface area contributed by atoms with E-state index >= 15 is 0 Å². The third-order valence-electron chi connectivity index (χ3n) is 5.68. The Bertz CT molecular complexity index is 1130. The molecule has 2 atom stereocenters. The van der Waals surface area contributed by atoms with E-state index in [1.54, 1.807) is 0 Å². The predicted octanol–water partition coefficient (Wildman–Crippen LogP) is 3.07. The monoisotopic (exact) mass is 478 g/mol. The highest BCUT2D eigenvalue weighted by atomic mass is 32.2. The Morgan fingerprint density at radius 2 is 1.78 bits per heavy atom.